The summed E-state index contributed by atoms with van der Waals surface area (Å²) in [6.07, 6.45) is 5.02. The second kappa shape index (κ2) is 10.4. The average Bonchev–Trinajstić information content (AvgIpc) is 3.34. The van der Waals surface area contributed by atoms with Gasteiger partial charge >= 0.3 is 0 Å². The summed E-state index contributed by atoms with van der Waals surface area (Å²) in [5, 5.41) is 5.42. The first-order valence-corrected chi connectivity index (χ1v) is 11.5. The van der Waals surface area contributed by atoms with Crippen molar-refractivity contribution in [3.63, 3.8) is 0 Å². The number of nitrogens with zero attached hydrogens (tertiary/aromatic N) is 2. The Bertz CT molecular complexity index is 1020. The minimum atomic E-state index is -3.75. The molecule has 1 saturated heterocycles. The largest absolute Gasteiger partial charge is 0.495 e. The Hall–Kier alpha value is -2.98. The summed E-state index contributed by atoms with van der Waals surface area (Å²) in [5.74, 6) is -0.467. The van der Waals surface area contributed by atoms with Gasteiger partial charge in [0.2, 0.25) is 15.9 Å². The number of hydrogen-bond donors (Lipinski definition) is 2. The second-order valence-electron chi connectivity index (χ2n) is 7.11. The highest BCUT2D eigenvalue weighted by Crippen LogP contribution is 2.29. The molecule has 0 unspecified atom stereocenters. The summed E-state index contributed by atoms with van der Waals surface area (Å²) in [6, 6.07) is 7.91. The van der Waals surface area contributed by atoms with Crippen molar-refractivity contribution in [1.82, 2.24) is 19.9 Å². The minimum absolute atomic E-state index is 0.0281. The zero-order valence-electron chi connectivity index (χ0n) is 17.3. The molecule has 2 N–H and O–H groups in total. The maximum absolute atomic E-state index is 12.9. The first kappa shape index (κ1) is 22.7. The van der Waals surface area contributed by atoms with Crippen LogP contribution in [0.15, 0.2) is 47.6 Å². The Morgan fingerprint density at radius 2 is 1.81 bits per heavy atom. The standard InChI is InChI=1S/C21H26N4O5S/c1-30-18-5-4-17(14-19(18)31(28,29)25-12-2-3-13-25)21(27)23-11-8-20(26)24-15-16-6-9-22-10-7-16/h4-7,9-10,14H,2-3,8,11-13,15H2,1H3,(H,23,27)(H,24,26). The van der Waals surface area contributed by atoms with E-state index in [1.165, 1.54) is 29.6 Å². The van der Waals surface area contributed by atoms with Gasteiger partial charge in [0.05, 0.1) is 7.11 Å². The monoisotopic (exact) mass is 446 g/mol. The molecule has 9 nitrogen and oxygen atoms in total. The Kier molecular flexibility index (Phi) is 7.59. The van der Waals surface area contributed by atoms with Gasteiger partial charge in [-0.3, -0.25) is 14.6 Å². The lowest BCUT2D eigenvalue weighted by Gasteiger charge is -2.18. The molecular formula is C21H26N4O5S. The van der Waals surface area contributed by atoms with Gasteiger partial charge in [-0.15, -0.1) is 0 Å². The number of sulfonamides is 1. The fourth-order valence-corrected chi connectivity index (χ4v) is 4.97. The van der Waals surface area contributed by atoms with E-state index in [0.717, 1.165) is 18.4 Å². The smallest absolute Gasteiger partial charge is 0.251 e. The summed E-state index contributed by atoms with van der Waals surface area (Å²) in [6.45, 7) is 1.42. The van der Waals surface area contributed by atoms with Gasteiger partial charge in [-0.1, -0.05) is 0 Å². The van der Waals surface area contributed by atoms with E-state index in [0.29, 0.717) is 19.6 Å². The van der Waals surface area contributed by atoms with E-state index in [9.17, 15) is 18.0 Å². The van der Waals surface area contributed by atoms with Gasteiger partial charge in [-0.25, -0.2) is 8.42 Å². The van der Waals surface area contributed by atoms with Crippen molar-refractivity contribution < 1.29 is 22.7 Å². The predicted octanol–water partition coefficient (Wildman–Crippen LogP) is 1.31. The molecule has 0 spiro atoms. The quantitative estimate of drug-likeness (QED) is 0.600. The molecular weight excluding hydrogens is 420 g/mol. The molecule has 0 bridgehead atoms. The lowest BCUT2D eigenvalue weighted by atomic mass is 10.2. The van der Waals surface area contributed by atoms with Gasteiger partial charge in [0.15, 0.2) is 0 Å². The van der Waals surface area contributed by atoms with Crippen LogP contribution >= 0.6 is 0 Å². The number of aromatic nitrogens is 1. The molecule has 166 valence electrons. The lowest BCUT2D eigenvalue weighted by Crippen LogP contribution is -2.31. The van der Waals surface area contributed by atoms with Crippen LogP contribution in [0.25, 0.3) is 0 Å². The van der Waals surface area contributed by atoms with Crippen molar-refractivity contribution >= 4 is 21.8 Å². The normalized spacial score (nSPS) is 14.2. The van der Waals surface area contributed by atoms with Gasteiger partial charge < -0.3 is 15.4 Å². The van der Waals surface area contributed by atoms with Crippen molar-refractivity contribution in [2.24, 2.45) is 0 Å². The third kappa shape index (κ3) is 5.80. The van der Waals surface area contributed by atoms with Gasteiger partial charge in [0, 0.05) is 50.6 Å². The van der Waals surface area contributed by atoms with E-state index < -0.39 is 15.9 Å². The van der Waals surface area contributed by atoms with Crippen LogP contribution < -0.4 is 15.4 Å². The molecule has 10 heteroatoms. The molecule has 1 fully saturated rings. The average molecular weight is 447 g/mol. The van der Waals surface area contributed by atoms with Crippen molar-refractivity contribution in [3.8, 4) is 5.75 Å². The number of carbonyl (C=O) groups is 2. The zero-order valence-corrected chi connectivity index (χ0v) is 18.2. The molecule has 0 saturated carbocycles. The molecule has 31 heavy (non-hydrogen) atoms. The molecule has 0 atom stereocenters. The molecule has 2 amide bonds. The summed E-state index contributed by atoms with van der Waals surface area (Å²) >= 11 is 0. The van der Waals surface area contributed by atoms with Gasteiger partial charge in [-0.05, 0) is 48.7 Å². The highest BCUT2D eigenvalue weighted by atomic mass is 32.2. The van der Waals surface area contributed by atoms with Crippen molar-refractivity contribution in [2.45, 2.75) is 30.7 Å². The summed E-state index contributed by atoms with van der Waals surface area (Å²) in [4.78, 5) is 28.4. The molecule has 3 rings (SSSR count). The number of rotatable bonds is 9. The number of benzene rings is 1. The van der Waals surface area contributed by atoms with E-state index in [2.05, 4.69) is 15.6 Å². The van der Waals surface area contributed by atoms with Gasteiger partial charge in [0.25, 0.3) is 5.91 Å². The zero-order chi connectivity index (χ0) is 22.3. The van der Waals surface area contributed by atoms with Crippen LogP contribution in [0.4, 0.5) is 0 Å². The third-order valence-corrected chi connectivity index (χ3v) is 6.91. The first-order valence-electron chi connectivity index (χ1n) is 10.0. The molecule has 0 aliphatic carbocycles. The molecule has 2 aromatic rings. The summed E-state index contributed by atoms with van der Waals surface area (Å²) in [7, 11) is -2.35. The molecule has 1 aliphatic rings. The highest BCUT2D eigenvalue weighted by molar-refractivity contribution is 7.89. The Labute approximate surface area is 181 Å². The fraction of sp³-hybridized carbons (Fsp3) is 0.381. The molecule has 1 aliphatic heterocycles. The number of amides is 2. The number of carbonyl (C=O) groups excluding carboxylic acids is 2. The third-order valence-electron chi connectivity index (χ3n) is 4.99. The SMILES string of the molecule is COc1ccc(C(=O)NCCC(=O)NCc2ccncc2)cc1S(=O)(=O)N1CCCC1. The van der Waals surface area contributed by atoms with Crippen molar-refractivity contribution in [3.05, 3.63) is 53.9 Å². The van der Waals surface area contributed by atoms with E-state index in [4.69, 9.17) is 4.74 Å². The van der Waals surface area contributed by atoms with Crippen molar-refractivity contribution in [1.29, 1.82) is 0 Å². The van der Waals surface area contributed by atoms with E-state index in [-0.39, 0.29) is 35.1 Å². The van der Waals surface area contributed by atoms with Crippen LogP contribution in [-0.2, 0) is 21.4 Å². The maximum atomic E-state index is 12.9. The Morgan fingerprint density at radius 1 is 1.10 bits per heavy atom. The molecule has 0 radical (unpaired) electrons. The summed E-state index contributed by atoms with van der Waals surface area (Å²) in [5.41, 5.74) is 1.12. The number of pyridine rings is 1. The first-order chi connectivity index (χ1) is 14.9. The fourth-order valence-electron chi connectivity index (χ4n) is 3.27. The van der Waals surface area contributed by atoms with Crippen LogP contribution in [0, 0.1) is 0 Å². The highest BCUT2D eigenvalue weighted by Gasteiger charge is 2.30. The van der Waals surface area contributed by atoms with E-state index in [1.54, 1.807) is 24.5 Å². The minimum Gasteiger partial charge on any atom is -0.495 e. The number of hydrogen-bond acceptors (Lipinski definition) is 6. The summed E-state index contributed by atoms with van der Waals surface area (Å²) < 4.78 is 32.5. The number of ether oxygens (including phenoxy) is 1. The van der Waals surface area contributed by atoms with E-state index in [1.807, 2.05) is 0 Å². The number of methoxy groups -OCH3 is 1. The molecule has 1 aromatic heterocycles. The Balaban J connectivity index is 1.58. The van der Waals surface area contributed by atoms with Crippen molar-refractivity contribution in [2.75, 3.05) is 26.7 Å². The van der Waals surface area contributed by atoms with Crippen LogP contribution in [0.5, 0.6) is 5.75 Å². The van der Waals surface area contributed by atoms with Gasteiger partial charge in [0.1, 0.15) is 10.6 Å². The van der Waals surface area contributed by atoms with Crippen LogP contribution in [0.1, 0.15) is 35.2 Å². The molecule has 2 heterocycles. The topological polar surface area (TPSA) is 118 Å². The van der Waals surface area contributed by atoms with Crippen LogP contribution in [-0.4, -0.2) is 56.3 Å². The van der Waals surface area contributed by atoms with Crippen LogP contribution in [0.3, 0.4) is 0 Å². The maximum Gasteiger partial charge on any atom is 0.251 e. The van der Waals surface area contributed by atoms with Crippen LogP contribution in [0.2, 0.25) is 0 Å². The molecule has 1 aromatic carbocycles. The lowest BCUT2D eigenvalue weighted by molar-refractivity contribution is -0.121. The Morgan fingerprint density at radius 3 is 2.48 bits per heavy atom. The second-order valence-corrected chi connectivity index (χ2v) is 9.02. The van der Waals surface area contributed by atoms with E-state index >= 15 is 0 Å². The number of nitrogens with one attached hydrogen (secondary N) is 2. The predicted molar refractivity (Wildman–Crippen MR) is 114 cm³/mol. The van der Waals surface area contributed by atoms with Gasteiger partial charge in [-0.2, -0.15) is 4.31 Å².